The van der Waals surface area contributed by atoms with E-state index < -0.39 is 0 Å². The minimum absolute atomic E-state index is 0.0147. The van der Waals surface area contributed by atoms with Crippen LogP contribution < -0.4 is 5.32 Å². The van der Waals surface area contributed by atoms with E-state index in [4.69, 9.17) is 0 Å². The molecule has 1 heterocycles. The second kappa shape index (κ2) is 5.35. The molecule has 4 nitrogen and oxygen atoms in total. The SMILES string of the molecule is Cc1nn(-c2ccccc2)c(C(C)C)c1C(=O)NC1CC1. The molecule has 0 bridgehead atoms. The number of amides is 1. The Morgan fingerprint density at radius 2 is 1.95 bits per heavy atom. The molecule has 0 saturated heterocycles. The highest BCUT2D eigenvalue weighted by Crippen LogP contribution is 2.27. The zero-order chi connectivity index (χ0) is 15.0. The summed E-state index contributed by atoms with van der Waals surface area (Å²) in [6.07, 6.45) is 2.18. The molecular formula is C17H21N3O. The number of rotatable bonds is 4. The standard InChI is InChI=1S/C17H21N3O/c1-11(2)16-15(17(21)18-13-9-10-13)12(3)19-20(16)14-7-5-4-6-8-14/h4-8,11,13H,9-10H2,1-3H3,(H,18,21). The summed E-state index contributed by atoms with van der Waals surface area (Å²) in [4.78, 5) is 12.5. The molecule has 1 aromatic carbocycles. The molecule has 1 N–H and O–H groups in total. The molecule has 0 unspecified atom stereocenters. The van der Waals surface area contributed by atoms with Gasteiger partial charge in [-0.05, 0) is 37.8 Å². The van der Waals surface area contributed by atoms with Gasteiger partial charge in [-0.25, -0.2) is 4.68 Å². The van der Waals surface area contributed by atoms with Crippen molar-refractivity contribution in [2.75, 3.05) is 0 Å². The van der Waals surface area contributed by atoms with Crippen LogP contribution in [0.4, 0.5) is 0 Å². The zero-order valence-corrected chi connectivity index (χ0v) is 12.8. The average Bonchev–Trinajstić information content (AvgIpc) is 3.19. The van der Waals surface area contributed by atoms with Crippen LogP contribution in [0.2, 0.25) is 0 Å². The maximum atomic E-state index is 12.5. The fourth-order valence-corrected chi connectivity index (χ4v) is 2.61. The number of carbonyl (C=O) groups is 1. The van der Waals surface area contributed by atoms with E-state index >= 15 is 0 Å². The van der Waals surface area contributed by atoms with Crippen molar-refractivity contribution in [1.82, 2.24) is 15.1 Å². The third-order valence-corrected chi connectivity index (χ3v) is 3.78. The summed E-state index contributed by atoms with van der Waals surface area (Å²) < 4.78 is 1.90. The highest BCUT2D eigenvalue weighted by molar-refractivity contribution is 5.97. The quantitative estimate of drug-likeness (QED) is 0.936. The molecule has 4 heteroatoms. The lowest BCUT2D eigenvalue weighted by Gasteiger charge is -2.13. The maximum absolute atomic E-state index is 12.5. The molecule has 0 spiro atoms. The van der Waals surface area contributed by atoms with Crippen LogP contribution >= 0.6 is 0 Å². The summed E-state index contributed by atoms with van der Waals surface area (Å²) in [6, 6.07) is 10.3. The van der Waals surface area contributed by atoms with Gasteiger partial charge in [0.05, 0.1) is 22.6 Å². The van der Waals surface area contributed by atoms with Crippen molar-refractivity contribution in [3.05, 3.63) is 47.3 Å². The van der Waals surface area contributed by atoms with Crippen molar-refractivity contribution >= 4 is 5.91 Å². The van der Waals surface area contributed by atoms with Gasteiger partial charge in [-0.1, -0.05) is 32.0 Å². The molecule has 0 aliphatic heterocycles. The van der Waals surface area contributed by atoms with Crippen molar-refractivity contribution < 1.29 is 4.79 Å². The Kier molecular flexibility index (Phi) is 3.53. The highest BCUT2D eigenvalue weighted by Gasteiger charge is 2.29. The minimum atomic E-state index is 0.0147. The van der Waals surface area contributed by atoms with Crippen molar-refractivity contribution in [3.63, 3.8) is 0 Å². The fraction of sp³-hybridized carbons (Fsp3) is 0.412. The van der Waals surface area contributed by atoms with Crippen LogP contribution in [-0.4, -0.2) is 21.7 Å². The Bertz CT molecular complexity index is 654. The number of nitrogens with zero attached hydrogens (tertiary/aromatic N) is 2. The van der Waals surface area contributed by atoms with Gasteiger partial charge in [0.15, 0.2) is 0 Å². The van der Waals surface area contributed by atoms with Crippen molar-refractivity contribution in [2.24, 2.45) is 0 Å². The highest BCUT2D eigenvalue weighted by atomic mass is 16.1. The first-order chi connectivity index (χ1) is 10.1. The molecule has 0 atom stereocenters. The lowest BCUT2D eigenvalue weighted by atomic mass is 10.0. The molecule has 3 rings (SSSR count). The first-order valence-electron chi connectivity index (χ1n) is 7.53. The van der Waals surface area contributed by atoms with E-state index in [0.717, 1.165) is 35.5 Å². The van der Waals surface area contributed by atoms with Crippen molar-refractivity contribution in [3.8, 4) is 5.69 Å². The second-order valence-corrected chi connectivity index (χ2v) is 6.00. The molecule has 110 valence electrons. The topological polar surface area (TPSA) is 46.9 Å². The van der Waals surface area contributed by atoms with Crippen LogP contribution in [0.1, 0.15) is 54.4 Å². The Labute approximate surface area is 125 Å². The number of carbonyl (C=O) groups excluding carboxylic acids is 1. The van der Waals surface area contributed by atoms with Gasteiger partial charge in [-0.15, -0.1) is 0 Å². The molecule has 2 aromatic rings. The van der Waals surface area contributed by atoms with Gasteiger partial charge >= 0.3 is 0 Å². The van der Waals surface area contributed by atoms with Crippen LogP contribution in [0.15, 0.2) is 30.3 Å². The van der Waals surface area contributed by atoms with Crippen molar-refractivity contribution in [1.29, 1.82) is 0 Å². The van der Waals surface area contributed by atoms with Gasteiger partial charge in [0.25, 0.3) is 5.91 Å². The van der Waals surface area contributed by atoms with Crippen LogP contribution in [0.25, 0.3) is 5.69 Å². The number of hydrogen-bond acceptors (Lipinski definition) is 2. The number of nitrogens with one attached hydrogen (secondary N) is 1. The van der Waals surface area contributed by atoms with E-state index in [-0.39, 0.29) is 11.8 Å². The maximum Gasteiger partial charge on any atom is 0.255 e. The molecule has 1 saturated carbocycles. The number of hydrogen-bond donors (Lipinski definition) is 1. The molecule has 21 heavy (non-hydrogen) atoms. The van der Waals surface area contributed by atoms with Crippen LogP contribution in [0, 0.1) is 6.92 Å². The average molecular weight is 283 g/mol. The summed E-state index contributed by atoms with van der Waals surface area (Å²) in [5.41, 5.74) is 3.51. The number of para-hydroxylation sites is 1. The van der Waals surface area contributed by atoms with E-state index in [9.17, 15) is 4.79 Å². The summed E-state index contributed by atoms with van der Waals surface area (Å²) in [6.45, 7) is 6.11. The molecular weight excluding hydrogens is 262 g/mol. The molecule has 0 radical (unpaired) electrons. The Balaban J connectivity index is 2.07. The van der Waals surface area contributed by atoms with E-state index in [0.29, 0.717) is 6.04 Å². The summed E-state index contributed by atoms with van der Waals surface area (Å²) >= 11 is 0. The van der Waals surface area contributed by atoms with E-state index in [2.05, 4.69) is 24.3 Å². The summed E-state index contributed by atoms with van der Waals surface area (Å²) in [7, 11) is 0. The predicted molar refractivity (Wildman–Crippen MR) is 82.9 cm³/mol. The van der Waals surface area contributed by atoms with Gasteiger partial charge < -0.3 is 5.32 Å². The van der Waals surface area contributed by atoms with Gasteiger partial charge in [0, 0.05) is 6.04 Å². The molecule has 1 aliphatic rings. The van der Waals surface area contributed by atoms with Gasteiger partial charge in [0.1, 0.15) is 0 Å². The van der Waals surface area contributed by atoms with Gasteiger partial charge in [-0.2, -0.15) is 5.10 Å². The van der Waals surface area contributed by atoms with Crippen molar-refractivity contribution in [2.45, 2.75) is 45.6 Å². The molecule has 1 fully saturated rings. The molecule has 1 aromatic heterocycles. The lowest BCUT2D eigenvalue weighted by molar-refractivity contribution is 0.0949. The predicted octanol–water partition coefficient (Wildman–Crippen LogP) is 3.20. The largest absolute Gasteiger partial charge is 0.349 e. The third kappa shape index (κ3) is 2.71. The smallest absolute Gasteiger partial charge is 0.255 e. The second-order valence-electron chi connectivity index (χ2n) is 6.00. The van der Waals surface area contributed by atoms with Crippen LogP contribution in [0.5, 0.6) is 0 Å². The Morgan fingerprint density at radius 3 is 2.52 bits per heavy atom. The van der Waals surface area contributed by atoms with Crippen LogP contribution in [0.3, 0.4) is 0 Å². The van der Waals surface area contributed by atoms with Gasteiger partial charge in [-0.3, -0.25) is 4.79 Å². The van der Waals surface area contributed by atoms with E-state index in [1.807, 2.05) is 41.9 Å². The first-order valence-corrected chi connectivity index (χ1v) is 7.53. The zero-order valence-electron chi connectivity index (χ0n) is 12.8. The van der Waals surface area contributed by atoms with E-state index in [1.54, 1.807) is 0 Å². The van der Waals surface area contributed by atoms with Gasteiger partial charge in [0.2, 0.25) is 0 Å². The number of benzene rings is 1. The van der Waals surface area contributed by atoms with E-state index in [1.165, 1.54) is 0 Å². The Morgan fingerprint density at radius 1 is 1.29 bits per heavy atom. The summed E-state index contributed by atoms with van der Waals surface area (Å²) in [5.74, 6) is 0.243. The Hall–Kier alpha value is -2.10. The number of aryl methyl sites for hydroxylation is 1. The first kappa shape index (κ1) is 13.9. The molecule has 1 aliphatic carbocycles. The molecule has 1 amide bonds. The normalized spacial score (nSPS) is 14.5. The fourth-order valence-electron chi connectivity index (χ4n) is 2.61. The number of aromatic nitrogens is 2. The monoisotopic (exact) mass is 283 g/mol. The lowest BCUT2D eigenvalue weighted by Crippen LogP contribution is -2.27. The summed E-state index contributed by atoms with van der Waals surface area (Å²) in [5, 5.41) is 7.69. The minimum Gasteiger partial charge on any atom is -0.349 e. The third-order valence-electron chi connectivity index (χ3n) is 3.78. The van der Waals surface area contributed by atoms with Crippen LogP contribution in [-0.2, 0) is 0 Å².